The highest BCUT2D eigenvalue weighted by atomic mass is 35.5. The molecule has 5 nitrogen and oxygen atoms in total. The molecular formula is C13H10ClN3O2S. The molecule has 0 bridgehead atoms. The van der Waals surface area contributed by atoms with Gasteiger partial charge in [0.25, 0.3) is 0 Å². The van der Waals surface area contributed by atoms with Crippen molar-refractivity contribution in [2.75, 3.05) is 11.4 Å². The van der Waals surface area contributed by atoms with Crippen molar-refractivity contribution in [3.05, 3.63) is 45.9 Å². The zero-order chi connectivity index (χ0) is 14.1. The number of amides is 3. The second kappa shape index (κ2) is 5.22. The summed E-state index contributed by atoms with van der Waals surface area (Å²) in [6.07, 6.45) is 2.36. The average Bonchev–Trinajstić information content (AvgIpc) is 2.99. The number of carbonyl (C=O) groups is 2. The molecule has 1 aromatic carbocycles. The minimum absolute atomic E-state index is 0.0257. The summed E-state index contributed by atoms with van der Waals surface area (Å²) in [5, 5.41) is 3.46. The molecule has 0 aliphatic carbocycles. The first kappa shape index (κ1) is 13.1. The zero-order valence-electron chi connectivity index (χ0n) is 10.3. The fourth-order valence-electron chi connectivity index (χ4n) is 1.93. The zero-order valence-corrected chi connectivity index (χ0v) is 11.9. The summed E-state index contributed by atoms with van der Waals surface area (Å²) >= 11 is 7.50. The van der Waals surface area contributed by atoms with Crippen LogP contribution in [0.1, 0.15) is 10.4 Å². The van der Waals surface area contributed by atoms with E-state index >= 15 is 0 Å². The lowest BCUT2D eigenvalue weighted by atomic mass is 10.1. The first-order valence-corrected chi connectivity index (χ1v) is 7.12. The summed E-state index contributed by atoms with van der Waals surface area (Å²) in [6, 6.07) is 7.17. The van der Waals surface area contributed by atoms with E-state index in [4.69, 9.17) is 11.6 Å². The van der Waals surface area contributed by atoms with Gasteiger partial charge in [-0.1, -0.05) is 29.8 Å². The standard InChI is InChI=1S/C13H10ClN3O2S/c14-10-4-2-1-3-8(10)5-9-6-15-13(20-9)17-7-11(18)16-12(17)19/h1-4,6H,5,7H2,(H,16,18,19). The van der Waals surface area contributed by atoms with Crippen molar-refractivity contribution >= 4 is 40.0 Å². The molecule has 1 fully saturated rings. The molecule has 2 aromatic rings. The maximum Gasteiger partial charge on any atom is 0.330 e. The van der Waals surface area contributed by atoms with E-state index in [9.17, 15) is 9.59 Å². The van der Waals surface area contributed by atoms with Gasteiger partial charge >= 0.3 is 6.03 Å². The third-order valence-corrected chi connectivity index (χ3v) is 4.28. The highest BCUT2D eigenvalue weighted by Gasteiger charge is 2.29. The largest absolute Gasteiger partial charge is 0.330 e. The predicted molar refractivity (Wildman–Crippen MR) is 77.3 cm³/mol. The molecule has 1 aliphatic rings. The van der Waals surface area contributed by atoms with Crippen LogP contribution in [0.15, 0.2) is 30.5 Å². The quantitative estimate of drug-likeness (QED) is 0.886. The van der Waals surface area contributed by atoms with E-state index in [2.05, 4.69) is 10.3 Å². The van der Waals surface area contributed by atoms with Crippen LogP contribution < -0.4 is 10.2 Å². The van der Waals surface area contributed by atoms with Crippen LogP contribution >= 0.6 is 22.9 Å². The van der Waals surface area contributed by atoms with E-state index in [1.807, 2.05) is 24.3 Å². The number of anilines is 1. The molecule has 1 N–H and O–H groups in total. The molecule has 0 atom stereocenters. The van der Waals surface area contributed by atoms with Crippen LogP contribution in [0.4, 0.5) is 9.93 Å². The number of benzene rings is 1. The van der Waals surface area contributed by atoms with Crippen molar-refractivity contribution < 1.29 is 9.59 Å². The molecular weight excluding hydrogens is 298 g/mol. The lowest BCUT2D eigenvalue weighted by Gasteiger charge is -2.07. The lowest BCUT2D eigenvalue weighted by Crippen LogP contribution is -2.27. The fraction of sp³-hybridized carbons (Fsp3) is 0.154. The van der Waals surface area contributed by atoms with Crippen molar-refractivity contribution in [2.24, 2.45) is 0 Å². The van der Waals surface area contributed by atoms with Gasteiger partial charge in [-0.2, -0.15) is 0 Å². The first-order valence-electron chi connectivity index (χ1n) is 5.93. The van der Waals surface area contributed by atoms with Crippen molar-refractivity contribution in [2.45, 2.75) is 6.42 Å². The molecule has 7 heteroatoms. The van der Waals surface area contributed by atoms with Gasteiger partial charge < -0.3 is 0 Å². The number of imide groups is 1. The summed E-state index contributed by atoms with van der Waals surface area (Å²) in [4.78, 5) is 29.2. The van der Waals surface area contributed by atoms with Gasteiger partial charge in [0.2, 0.25) is 5.91 Å². The Bertz CT molecular complexity index is 686. The molecule has 0 saturated carbocycles. The van der Waals surface area contributed by atoms with Crippen LogP contribution in [0, 0.1) is 0 Å². The summed E-state index contributed by atoms with van der Waals surface area (Å²) in [5.74, 6) is -0.308. The van der Waals surface area contributed by atoms with E-state index in [-0.39, 0.29) is 12.5 Å². The Morgan fingerprint density at radius 3 is 2.85 bits per heavy atom. The van der Waals surface area contributed by atoms with Crippen molar-refractivity contribution in [1.29, 1.82) is 0 Å². The van der Waals surface area contributed by atoms with Crippen LogP contribution in [-0.2, 0) is 11.2 Å². The summed E-state index contributed by atoms with van der Waals surface area (Å²) < 4.78 is 0. The predicted octanol–water partition coefficient (Wildman–Crippen LogP) is 2.44. The van der Waals surface area contributed by atoms with Crippen molar-refractivity contribution in [3.8, 4) is 0 Å². The summed E-state index contributed by atoms with van der Waals surface area (Å²) in [6.45, 7) is 0.0257. The number of nitrogens with zero attached hydrogens (tertiary/aromatic N) is 2. The lowest BCUT2D eigenvalue weighted by molar-refractivity contribution is -0.117. The van der Waals surface area contributed by atoms with Gasteiger partial charge in [0.1, 0.15) is 6.54 Å². The second-order valence-corrected chi connectivity index (χ2v) is 5.82. The molecule has 1 saturated heterocycles. The monoisotopic (exact) mass is 307 g/mol. The second-order valence-electron chi connectivity index (χ2n) is 4.32. The number of halogens is 1. The number of carbonyl (C=O) groups excluding carboxylic acids is 2. The minimum atomic E-state index is -0.423. The van der Waals surface area contributed by atoms with Gasteiger partial charge in [-0.3, -0.25) is 15.0 Å². The number of rotatable bonds is 3. The van der Waals surface area contributed by atoms with Crippen LogP contribution in [0.2, 0.25) is 5.02 Å². The highest BCUT2D eigenvalue weighted by Crippen LogP contribution is 2.27. The van der Waals surface area contributed by atoms with Gasteiger partial charge in [-0.25, -0.2) is 9.78 Å². The smallest absolute Gasteiger partial charge is 0.276 e. The SMILES string of the molecule is O=C1CN(c2ncc(Cc3ccccc3Cl)s2)C(=O)N1. The highest BCUT2D eigenvalue weighted by molar-refractivity contribution is 7.15. The number of thiazole rings is 1. The Hall–Kier alpha value is -1.92. The van der Waals surface area contributed by atoms with E-state index in [0.29, 0.717) is 16.6 Å². The van der Waals surface area contributed by atoms with Crippen LogP contribution in [-0.4, -0.2) is 23.5 Å². The molecule has 102 valence electrons. The average molecular weight is 308 g/mol. The van der Waals surface area contributed by atoms with Crippen molar-refractivity contribution in [3.63, 3.8) is 0 Å². The van der Waals surface area contributed by atoms with Gasteiger partial charge in [0.15, 0.2) is 5.13 Å². The molecule has 1 aliphatic heterocycles. The number of urea groups is 1. The Kier molecular flexibility index (Phi) is 3.42. The van der Waals surface area contributed by atoms with Gasteiger partial charge in [-0.15, -0.1) is 11.3 Å². The molecule has 0 radical (unpaired) electrons. The Labute approximate surface area is 124 Å². The Balaban J connectivity index is 1.79. The third-order valence-electron chi connectivity index (χ3n) is 2.89. The first-order chi connectivity index (χ1) is 9.63. The Morgan fingerprint density at radius 1 is 1.35 bits per heavy atom. The molecule has 2 heterocycles. The molecule has 3 amide bonds. The maximum atomic E-state index is 11.5. The van der Waals surface area contributed by atoms with Crippen LogP contribution in [0.3, 0.4) is 0 Å². The summed E-state index contributed by atoms with van der Waals surface area (Å²) in [5.41, 5.74) is 1.01. The van der Waals surface area contributed by atoms with Gasteiger partial charge in [0.05, 0.1) is 0 Å². The molecule has 0 unspecified atom stereocenters. The molecule has 20 heavy (non-hydrogen) atoms. The summed E-state index contributed by atoms with van der Waals surface area (Å²) in [7, 11) is 0. The molecule has 0 spiro atoms. The van der Waals surface area contributed by atoms with E-state index in [1.165, 1.54) is 16.2 Å². The molecule has 3 rings (SSSR count). The number of nitrogens with one attached hydrogen (secondary N) is 1. The van der Waals surface area contributed by atoms with Crippen molar-refractivity contribution in [1.82, 2.24) is 10.3 Å². The number of hydrogen-bond acceptors (Lipinski definition) is 4. The topological polar surface area (TPSA) is 62.3 Å². The number of hydrogen-bond donors (Lipinski definition) is 1. The minimum Gasteiger partial charge on any atom is -0.276 e. The Morgan fingerprint density at radius 2 is 2.15 bits per heavy atom. The van der Waals surface area contributed by atoms with Gasteiger partial charge in [-0.05, 0) is 11.6 Å². The maximum absolute atomic E-state index is 11.5. The van der Waals surface area contributed by atoms with Crippen LogP contribution in [0.5, 0.6) is 0 Å². The van der Waals surface area contributed by atoms with E-state index < -0.39 is 6.03 Å². The fourth-order valence-corrected chi connectivity index (χ4v) is 3.06. The third kappa shape index (κ3) is 2.52. The van der Waals surface area contributed by atoms with E-state index in [0.717, 1.165) is 10.4 Å². The van der Waals surface area contributed by atoms with Crippen LogP contribution in [0.25, 0.3) is 0 Å². The molecule has 1 aromatic heterocycles. The van der Waals surface area contributed by atoms with E-state index in [1.54, 1.807) is 6.20 Å². The number of aromatic nitrogens is 1. The normalized spacial score (nSPS) is 14.8. The van der Waals surface area contributed by atoms with Gasteiger partial charge in [0, 0.05) is 22.5 Å².